The van der Waals surface area contributed by atoms with Crippen LogP contribution in [-0.2, 0) is 0 Å². The molecule has 26 heavy (non-hydrogen) atoms. The maximum atomic E-state index is 13.2. The number of para-hydroxylation sites is 1. The standard InChI is InChI=1S/C20H21N5O/c21-16-8-11-24(12-9-16)20(26)18-14-25(17-6-2-1-3-7-17)23-19(18)15-5-4-10-22-13-15/h1-7,10,13-14,16H,8-9,11-12,21H2. The molecule has 1 aliphatic rings. The molecule has 4 rings (SSSR count). The number of rotatable bonds is 3. The summed E-state index contributed by atoms with van der Waals surface area (Å²) in [6.07, 6.45) is 6.93. The van der Waals surface area contributed by atoms with Gasteiger partial charge in [0.2, 0.25) is 0 Å². The number of aromatic nitrogens is 3. The number of carbonyl (C=O) groups is 1. The number of nitrogens with zero attached hydrogens (tertiary/aromatic N) is 4. The van der Waals surface area contributed by atoms with Crippen molar-refractivity contribution >= 4 is 5.91 Å². The minimum Gasteiger partial charge on any atom is -0.338 e. The van der Waals surface area contributed by atoms with E-state index in [4.69, 9.17) is 5.73 Å². The van der Waals surface area contributed by atoms with Crippen LogP contribution in [0.4, 0.5) is 0 Å². The maximum absolute atomic E-state index is 13.2. The van der Waals surface area contributed by atoms with Crippen LogP contribution >= 0.6 is 0 Å². The summed E-state index contributed by atoms with van der Waals surface area (Å²) in [6.45, 7) is 1.37. The monoisotopic (exact) mass is 347 g/mol. The summed E-state index contributed by atoms with van der Waals surface area (Å²) in [6, 6.07) is 13.8. The third kappa shape index (κ3) is 3.23. The van der Waals surface area contributed by atoms with Gasteiger partial charge >= 0.3 is 0 Å². The quantitative estimate of drug-likeness (QED) is 0.790. The molecule has 6 heteroatoms. The van der Waals surface area contributed by atoms with E-state index >= 15 is 0 Å². The highest BCUT2D eigenvalue weighted by atomic mass is 16.2. The lowest BCUT2D eigenvalue weighted by Crippen LogP contribution is -2.42. The molecular weight excluding hydrogens is 326 g/mol. The highest BCUT2D eigenvalue weighted by Gasteiger charge is 2.26. The van der Waals surface area contributed by atoms with E-state index in [9.17, 15) is 4.79 Å². The van der Waals surface area contributed by atoms with E-state index in [2.05, 4.69) is 10.1 Å². The molecule has 1 saturated heterocycles. The molecule has 132 valence electrons. The summed E-state index contributed by atoms with van der Waals surface area (Å²) < 4.78 is 1.76. The fourth-order valence-corrected chi connectivity index (χ4v) is 3.23. The van der Waals surface area contributed by atoms with Crippen LogP contribution in [0.3, 0.4) is 0 Å². The zero-order chi connectivity index (χ0) is 17.9. The molecule has 0 bridgehead atoms. The minimum atomic E-state index is -0.00191. The van der Waals surface area contributed by atoms with Crippen LogP contribution in [0.5, 0.6) is 0 Å². The molecule has 2 aromatic heterocycles. The summed E-state index contributed by atoms with van der Waals surface area (Å²) in [7, 11) is 0. The Bertz CT molecular complexity index is 883. The normalized spacial score (nSPS) is 15.2. The van der Waals surface area contributed by atoms with Crippen LogP contribution in [0.2, 0.25) is 0 Å². The summed E-state index contributed by atoms with van der Waals surface area (Å²) >= 11 is 0. The smallest absolute Gasteiger partial charge is 0.257 e. The van der Waals surface area contributed by atoms with Crippen LogP contribution in [0.15, 0.2) is 61.1 Å². The number of likely N-dealkylation sites (tertiary alicyclic amines) is 1. The molecule has 0 saturated carbocycles. The number of nitrogens with two attached hydrogens (primary N) is 1. The lowest BCUT2D eigenvalue weighted by atomic mass is 10.0. The Morgan fingerprint density at radius 1 is 1.08 bits per heavy atom. The Morgan fingerprint density at radius 2 is 1.85 bits per heavy atom. The first-order valence-corrected chi connectivity index (χ1v) is 8.83. The molecule has 0 unspecified atom stereocenters. The van der Waals surface area contributed by atoms with E-state index in [1.165, 1.54) is 0 Å². The van der Waals surface area contributed by atoms with Gasteiger partial charge in [-0.2, -0.15) is 5.10 Å². The van der Waals surface area contributed by atoms with Gasteiger partial charge in [-0.1, -0.05) is 18.2 Å². The van der Waals surface area contributed by atoms with Crippen LogP contribution < -0.4 is 5.73 Å². The third-order valence-corrected chi connectivity index (χ3v) is 4.73. The van der Waals surface area contributed by atoms with Gasteiger partial charge in [0.25, 0.3) is 5.91 Å². The van der Waals surface area contributed by atoms with Gasteiger partial charge in [-0.15, -0.1) is 0 Å². The van der Waals surface area contributed by atoms with E-state index in [-0.39, 0.29) is 11.9 Å². The van der Waals surface area contributed by atoms with Gasteiger partial charge < -0.3 is 10.6 Å². The van der Waals surface area contributed by atoms with Crippen molar-refractivity contribution < 1.29 is 4.79 Å². The average Bonchev–Trinajstić information content (AvgIpc) is 3.15. The molecule has 0 radical (unpaired) electrons. The molecule has 1 fully saturated rings. The van der Waals surface area contributed by atoms with Gasteiger partial charge in [0.1, 0.15) is 5.69 Å². The average molecular weight is 347 g/mol. The Kier molecular flexibility index (Phi) is 4.50. The molecule has 6 nitrogen and oxygen atoms in total. The molecule has 3 heterocycles. The largest absolute Gasteiger partial charge is 0.338 e. The van der Waals surface area contributed by atoms with Crippen molar-refractivity contribution in [1.82, 2.24) is 19.7 Å². The highest BCUT2D eigenvalue weighted by Crippen LogP contribution is 2.25. The second kappa shape index (κ2) is 7.09. The lowest BCUT2D eigenvalue weighted by Gasteiger charge is -2.30. The van der Waals surface area contributed by atoms with E-state index in [0.29, 0.717) is 24.3 Å². The fraction of sp³-hybridized carbons (Fsp3) is 0.250. The number of hydrogen-bond donors (Lipinski definition) is 1. The number of pyridine rings is 1. The van der Waals surface area contributed by atoms with Crippen LogP contribution in [-0.4, -0.2) is 44.7 Å². The van der Waals surface area contributed by atoms with E-state index < -0.39 is 0 Å². The molecule has 1 amide bonds. The third-order valence-electron chi connectivity index (χ3n) is 4.73. The maximum Gasteiger partial charge on any atom is 0.257 e. The molecule has 1 aromatic carbocycles. The first-order valence-electron chi connectivity index (χ1n) is 8.83. The van der Waals surface area contributed by atoms with Crippen molar-refractivity contribution in [3.8, 4) is 16.9 Å². The fourth-order valence-electron chi connectivity index (χ4n) is 3.23. The van der Waals surface area contributed by atoms with Crippen molar-refractivity contribution in [2.24, 2.45) is 5.73 Å². The number of hydrogen-bond acceptors (Lipinski definition) is 4. The summed E-state index contributed by atoms with van der Waals surface area (Å²) in [5.41, 5.74) is 8.97. The predicted octanol–water partition coefficient (Wildman–Crippen LogP) is 2.50. The van der Waals surface area contributed by atoms with Gasteiger partial charge in [-0.3, -0.25) is 9.78 Å². The SMILES string of the molecule is NC1CCN(C(=O)c2cn(-c3ccccc3)nc2-c2cccnc2)CC1. The Morgan fingerprint density at radius 3 is 2.54 bits per heavy atom. The second-order valence-corrected chi connectivity index (χ2v) is 6.54. The zero-order valence-corrected chi connectivity index (χ0v) is 14.5. The molecule has 0 atom stereocenters. The van der Waals surface area contributed by atoms with Gasteiger partial charge in [0, 0.05) is 43.3 Å². The van der Waals surface area contributed by atoms with Crippen molar-refractivity contribution in [1.29, 1.82) is 0 Å². The molecule has 1 aliphatic heterocycles. The van der Waals surface area contributed by atoms with E-state index in [1.54, 1.807) is 17.1 Å². The highest BCUT2D eigenvalue weighted by molar-refractivity contribution is 6.00. The van der Waals surface area contributed by atoms with Crippen molar-refractivity contribution in [2.45, 2.75) is 18.9 Å². The van der Waals surface area contributed by atoms with E-state index in [1.807, 2.05) is 53.6 Å². The molecule has 0 spiro atoms. The molecular formula is C20H21N5O. The molecule has 3 aromatic rings. The predicted molar refractivity (Wildman–Crippen MR) is 99.9 cm³/mol. The number of benzene rings is 1. The molecule has 0 aliphatic carbocycles. The van der Waals surface area contributed by atoms with Crippen molar-refractivity contribution in [2.75, 3.05) is 13.1 Å². The van der Waals surface area contributed by atoms with Crippen molar-refractivity contribution in [3.05, 3.63) is 66.6 Å². The van der Waals surface area contributed by atoms with Crippen LogP contribution in [0.1, 0.15) is 23.2 Å². The Balaban J connectivity index is 1.74. The summed E-state index contributed by atoms with van der Waals surface area (Å²) in [4.78, 5) is 19.2. The zero-order valence-electron chi connectivity index (χ0n) is 14.5. The summed E-state index contributed by atoms with van der Waals surface area (Å²) in [5.74, 6) is -0.00191. The van der Waals surface area contributed by atoms with Gasteiger partial charge in [-0.05, 0) is 37.1 Å². The minimum absolute atomic E-state index is 0.00191. The van der Waals surface area contributed by atoms with Gasteiger partial charge in [-0.25, -0.2) is 4.68 Å². The van der Waals surface area contributed by atoms with Crippen molar-refractivity contribution in [3.63, 3.8) is 0 Å². The number of carbonyl (C=O) groups excluding carboxylic acids is 1. The van der Waals surface area contributed by atoms with Crippen LogP contribution in [0, 0.1) is 0 Å². The lowest BCUT2D eigenvalue weighted by molar-refractivity contribution is 0.0715. The second-order valence-electron chi connectivity index (χ2n) is 6.54. The van der Waals surface area contributed by atoms with Gasteiger partial charge in [0.05, 0.1) is 11.3 Å². The first-order chi connectivity index (χ1) is 12.7. The first kappa shape index (κ1) is 16.5. The molecule has 2 N–H and O–H groups in total. The van der Waals surface area contributed by atoms with Gasteiger partial charge in [0.15, 0.2) is 0 Å². The van der Waals surface area contributed by atoms with Crippen LogP contribution in [0.25, 0.3) is 16.9 Å². The topological polar surface area (TPSA) is 77.0 Å². The Labute approximate surface area is 152 Å². The van der Waals surface area contributed by atoms with E-state index in [0.717, 1.165) is 24.1 Å². The summed E-state index contributed by atoms with van der Waals surface area (Å²) in [5, 5.41) is 4.69. The number of piperidine rings is 1. The Hall–Kier alpha value is -2.99. The number of amides is 1.